The van der Waals surface area contributed by atoms with E-state index in [1.54, 1.807) is 11.6 Å². The number of nitrogens with zero attached hydrogens (tertiary/aromatic N) is 1. The van der Waals surface area contributed by atoms with Crippen molar-refractivity contribution >= 4 is 33.2 Å². The number of rotatable bonds is 7. The van der Waals surface area contributed by atoms with E-state index in [-0.39, 0.29) is 11.7 Å². The highest BCUT2D eigenvalue weighted by Gasteiger charge is 2.08. The van der Waals surface area contributed by atoms with Crippen LogP contribution in [0.25, 0.3) is 0 Å². The molecular formula is C10H16N2O3S2. The highest BCUT2D eigenvalue weighted by molar-refractivity contribution is 7.84. The van der Waals surface area contributed by atoms with Gasteiger partial charge in [-0.2, -0.15) is 0 Å². The quantitative estimate of drug-likeness (QED) is 0.785. The summed E-state index contributed by atoms with van der Waals surface area (Å²) in [6.45, 7) is 2.64. The Kier molecular flexibility index (Phi) is 5.57. The topological polar surface area (TPSA) is 79.3 Å². The first-order valence-corrected chi connectivity index (χ1v) is 7.71. The van der Waals surface area contributed by atoms with Crippen molar-refractivity contribution in [2.45, 2.75) is 25.0 Å². The summed E-state index contributed by atoms with van der Waals surface area (Å²) in [5, 5.41) is 14.3. The highest BCUT2D eigenvalue weighted by atomic mass is 32.2. The third-order valence-electron chi connectivity index (χ3n) is 2.28. The summed E-state index contributed by atoms with van der Waals surface area (Å²) in [4.78, 5) is 14.6. The van der Waals surface area contributed by atoms with E-state index in [1.165, 1.54) is 11.3 Å². The van der Waals surface area contributed by atoms with Gasteiger partial charge in [-0.05, 0) is 6.42 Å². The molecule has 17 heavy (non-hydrogen) atoms. The van der Waals surface area contributed by atoms with Crippen molar-refractivity contribution in [1.82, 2.24) is 4.98 Å². The second-order valence-electron chi connectivity index (χ2n) is 3.74. The first-order chi connectivity index (χ1) is 7.99. The minimum Gasteiger partial charge on any atom is -0.481 e. The molecule has 2 N–H and O–H groups in total. The average Bonchev–Trinajstić information content (AvgIpc) is 2.64. The van der Waals surface area contributed by atoms with Gasteiger partial charge in [0.25, 0.3) is 0 Å². The van der Waals surface area contributed by atoms with E-state index in [9.17, 15) is 9.00 Å². The molecule has 0 saturated carbocycles. The zero-order chi connectivity index (χ0) is 12.8. The van der Waals surface area contributed by atoms with E-state index >= 15 is 0 Å². The van der Waals surface area contributed by atoms with Crippen LogP contribution in [0.5, 0.6) is 0 Å². The number of carbonyl (C=O) groups is 1. The Morgan fingerprint density at radius 3 is 3.00 bits per heavy atom. The van der Waals surface area contributed by atoms with Gasteiger partial charge < -0.3 is 10.4 Å². The van der Waals surface area contributed by atoms with Gasteiger partial charge in [0.2, 0.25) is 0 Å². The standard InChI is InChI=1S/C10H16N2O3S2/c1-7(17(2)15)3-4-11-10-12-8(6-16-10)5-9(13)14/h6-7H,3-5H2,1-2H3,(H,11,12)(H,13,14). The molecule has 7 heteroatoms. The van der Waals surface area contributed by atoms with Crippen molar-refractivity contribution < 1.29 is 14.1 Å². The van der Waals surface area contributed by atoms with E-state index in [0.717, 1.165) is 11.6 Å². The van der Waals surface area contributed by atoms with Crippen LogP contribution >= 0.6 is 11.3 Å². The van der Waals surface area contributed by atoms with Crippen LogP contribution in [0.3, 0.4) is 0 Å². The first-order valence-electron chi connectivity index (χ1n) is 5.21. The van der Waals surface area contributed by atoms with Gasteiger partial charge in [0.15, 0.2) is 5.13 Å². The predicted molar refractivity (Wildman–Crippen MR) is 70.1 cm³/mol. The highest BCUT2D eigenvalue weighted by Crippen LogP contribution is 2.16. The van der Waals surface area contributed by atoms with Gasteiger partial charge in [0.1, 0.15) is 0 Å². The molecule has 0 aliphatic heterocycles. The van der Waals surface area contributed by atoms with Crippen LogP contribution in [0.4, 0.5) is 5.13 Å². The van der Waals surface area contributed by atoms with E-state index < -0.39 is 16.8 Å². The van der Waals surface area contributed by atoms with Gasteiger partial charge in [-0.3, -0.25) is 9.00 Å². The molecule has 1 aromatic heterocycles. The number of hydrogen-bond donors (Lipinski definition) is 2. The van der Waals surface area contributed by atoms with Gasteiger partial charge >= 0.3 is 5.97 Å². The fourth-order valence-electron chi connectivity index (χ4n) is 1.17. The van der Waals surface area contributed by atoms with E-state index in [0.29, 0.717) is 12.2 Å². The molecule has 0 amide bonds. The van der Waals surface area contributed by atoms with Gasteiger partial charge in [-0.1, -0.05) is 6.92 Å². The summed E-state index contributed by atoms with van der Waals surface area (Å²) in [7, 11) is -0.806. The Morgan fingerprint density at radius 1 is 1.71 bits per heavy atom. The molecule has 2 atom stereocenters. The maximum atomic E-state index is 11.1. The Balaban J connectivity index is 2.34. The van der Waals surface area contributed by atoms with Gasteiger partial charge in [-0.25, -0.2) is 4.98 Å². The summed E-state index contributed by atoms with van der Waals surface area (Å²) in [6, 6.07) is 0. The van der Waals surface area contributed by atoms with Crippen molar-refractivity contribution in [1.29, 1.82) is 0 Å². The van der Waals surface area contributed by atoms with E-state index in [1.807, 2.05) is 6.92 Å². The molecule has 0 bridgehead atoms. The van der Waals surface area contributed by atoms with Crippen LogP contribution in [-0.2, 0) is 22.0 Å². The molecular weight excluding hydrogens is 260 g/mol. The molecule has 2 unspecified atom stereocenters. The van der Waals surface area contributed by atoms with Crippen LogP contribution in [0.1, 0.15) is 19.0 Å². The maximum absolute atomic E-state index is 11.1. The molecule has 1 aromatic rings. The smallest absolute Gasteiger partial charge is 0.309 e. The maximum Gasteiger partial charge on any atom is 0.309 e. The lowest BCUT2D eigenvalue weighted by Gasteiger charge is -2.07. The Bertz CT molecular complexity index is 406. The molecule has 0 spiro atoms. The number of thiazole rings is 1. The predicted octanol–water partition coefficient (Wildman–Crippen LogP) is 1.34. The summed E-state index contributed by atoms with van der Waals surface area (Å²) < 4.78 is 11.1. The van der Waals surface area contributed by atoms with Crippen LogP contribution in [0, 0.1) is 0 Å². The average molecular weight is 276 g/mol. The van der Waals surface area contributed by atoms with Gasteiger partial charge in [-0.15, -0.1) is 11.3 Å². The van der Waals surface area contributed by atoms with E-state index in [2.05, 4.69) is 10.3 Å². The second-order valence-corrected chi connectivity index (χ2v) is 6.40. The van der Waals surface area contributed by atoms with Crippen LogP contribution in [0.15, 0.2) is 5.38 Å². The SMILES string of the molecule is CC(CCNc1nc(CC(=O)O)cs1)S(C)=O. The van der Waals surface area contributed by atoms with Crippen LogP contribution in [0.2, 0.25) is 0 Å². The monoisotopic (exact) mass is 276 g/mol. The molecule has 0 radical (unpaired) electrons. The molecule has 0 aromatic carbocycles. The molecule has 0 aliphatic rings. The van der Waals surface area contributed by atoms with Crippen LogP contribution in [-0.4, -0.2) is 38.3 Å². The number of aliphatic carboxylic acids is 1. The van der Waals surface area contributed by atoms with Crippen LogP contribution < -0.4 is 5.32 Å². The van der Waals surface area contributed by atoms with Crippen molar-refractivity contribution in [3.63, 3.8) is 0 Å². The van der Waals surface area contributed by atoms with Crippen molar-refractivity contribution in [3.8, 4) is 0 Å². The largest absolute Gasteiger partial charge is 0.481 e. The summed E-state index contributed by atoms with van der Waals surface area (Å²) >= 11 is 1.39. The lowest BCUT2D eigenvalue weighted by atomic mass is 10.3. The fraction of sp³-hybridized carbons (Fsp3) is 0.600. The third kappa shape index (κ3) is 5.27. The van der Waals surface area contributed by atoms with Crippen molar-refractivity contribution in [2.24, 2.45) is 0 Å². The normalized spacial score (nSPS) is 14.2. The summed E-state index contributed by atoms with van der Waals surface area (Å²) in [5.41, 5.74) is 0.567. The number of nitrogens with one attached hydrogen (secondary N) is 1. The van der Waals surface area contributed by atoms with Gasteiger partial charge in [0, 0.05) is 34.2 Å². The van der Waals surface area contributed by atoms with Crippen molar-refractivity contribution in [3.05, 3.63) is 11.1 Å². The zero-order valence-corrected chi connectivity index (χ0v) is 11.4. The molecule has 1 rings (SSSR count). The summed E-state index contributed by atoms with van der Waals surface area (Å²) in [6.07, 6.45) is 2.45. The molecule has 1 heterocycles. The molecule has 0 aliphatic carbocycles. The van der Waals surface area contributed by atoms with Gasteiger partial charge in [0.05, 0.1) is 12.1 Å². The Morgan fingerprint density at radius 2 is 2.41 bits per heavy atom. The van der Waals surface area contributed by atoms with Crippen molar-refractivity contribution in [2.75, 3.05) is 18.1 Å². The molecule has 0 saturated heterocycles. The number of anilines is 1. The first kappa shape index (κ1) is 14.1. The second kappa shape index (κ2) is 6.70. The third-order valence-corrected chi connectivity index (χ3v) is 4.50. The lowest BCUT2D eigenvalue weighted by Crippen LogP contribution is -2.14. The number of carboxylic acid groups (broad SMARTS) is 1. The minimum atomic E-state index is -0.878. The minimum absolute atomic E-state index is 0.0481. The Hall–Kier alpha value is -0.950. The lowest BCUT2D eigenvalue weighted by molar-refractivity contribution is -0.136. The molecule has 5 nitrogen and oxygen atoms in total. The Labute approximate surface area is 107 Å². The summed E-state index contributed by atoms with van der Waals surface area (Å²) in [5.74, 6) is -0.878. The molecule has 96 valence electrons. The molecule has 0 fully saturated rings. The fourth-order valence-corrected chi connectivity index (χ4v) is 2.36. The van der Waals surface area contributed by atoms with E-state index in [4.69, 9.17) is 5.11 Å². The number of hydrogen-bond acceptors (Lipinski definition) is 5. The number of aromatic nitrogens is 1. The number of carboxylic acids is 1. The zero-order valence-electron chi connectivity index (χ0n) is 9.80.